The van der Waals surface area contributed by atoms with Crippen LogP contribution in [0.2, 0.25) is 0 Å². The van der Waals surface area contributed by atoms with Gasteiger partial charge in [0.25, 0.3) is 0 Å². The van der Waals surface area contributed by atoms with Gasteiger partial charge in [-0.3, -0.25) is 4.99 Å². The molecule has 4 nitrogen and oxygen atoms in total. The highest BCUT2D eigenvalue weighted by Crippen LogP contribution is 2.08. The highest BCUT2D eigenvalue weighted by atomic mass is 19.1. The van der Waals surface area contributed by atoms with Crippen LogP contribution in [0.5, 0.6) is 0 Å². The SMILES string of the molecule is COCCN=C(NN)c1cc(C)cc(F)c1. The molecule has 0 bridgehead atoms. The zero-order chi connectivity index (χ0) is 12.0. The number of rotatable bonds is 4. The predicted octanol–water partition coefficient (Wildman–Crippen LogP) is 0.990. The number of nitrogens with one attached hydrogen (secondary N) is 1. The van der Waals surface area contributed by atoms with Crippen LogP contribution in [-0.2, 0) is 4.74 Å². The maximum Gasteiger partial charge on any atom is 0.142 e. The molecule has 0 radical (unpaired) electrons. The molecule has 1 aromatic carbocycles. The van der Waals surface area contributed by atoms with E-state index in [9.17, 15) is 4.39 Å². The highest BCUT2D eigenvalue weighted by molar-refractivity contribution is 5.98. The summed E-state index contributed by atoms with van der Waals surface area (Å²) in [4.78, 5) is 4.17. The van der Waals surface area contributed by atoms with Crippen LogP contribution in [0.15, 0.2) is 23.2 Å². The number of aryl methyl sites for hydroxylation is 1. The van der Waals surface area contributed by atoms with E-state index in [1.54, 1.807) is 7.11 Å². The molecular formula is C11H16FN3O. The Morgan fingerprint density at radius 2 is 2.25 bits per heavy atom. The molecule has 0 atom stereocenters. The minimum Gasteiger partial charge on any atom is -0.383 e. The first-order valence-corrected chi connectivity index (χ1v) is 4.95. The van der Waals surface area contributed by atoms with E-state index in [-0.39, 0.29) is 5.82 Å². The molecule has 88 valence electrons. The molecule has 0 aromatic heterocycles. The van der Waals surface area contributed by atoms with E-state index in [4.69, 9.17) is 10.6 Å². The fourth-order valence-corrected chi connectivity index (χ4v) is 1.34. The highest BCUT2D eigenvalue weighted by Gasteiger charge is 2.04. The second-order valence-electron chi connectivity index (χ2n) is 3.38. The number of aliphatic imine (C=N–C) groups is 1. The average Bonchev–Trinajstić information content (AvgIpc) is 2.23. The second-order valence-corrected chi connectivity index (χ2v) is 3.38. The topological polar surface area (TPSA) is 59.6 Å². The van der Waals surface area contributed by atoms with E-state index in [1.807, 2.05) is 13.0 Å². The first kappa shape index (κ1) is 12.6. The summed E-state index contributed by atoms with van der Waals surface area (Å²) < 4.78 is 18.0. The van der Waals surface area contributed by atoms with Crippen molar-refractivity contribution in [2.45, 2.75) is 6.92 Å². The van der Waals surface area contributed by atoms with Gasteiger partial charge in [-0.2, -0.15) is 0 Å². The maximum atomic E-state index is 13.2. The van der Waals surface area contributed by atoms with Crippen molar-refractivity contribution in [3.05, 3.63) is 35.1 Å². The summed E-state index contributed by atoms with van der Waals surface area (Å²) in [5.41, 5.74) is 3.92. The zero-order valence-electron chi connectivity index (χ0n) is 9.46. The minimum absolute atomic E-state index is 0.301. The molecule has 0 fully saturated rings. The molecule has 0 unspecified atom stereocenters. The summed E-state index contributed by atoms with van der Waals surface area (Å²) in [6.45, 7) is 2.79. The molecule has 0 saturated carbocycles. The van der Waals surface area contributed by atoms with Gasteiger partial charge in [0, 0.05) is 12.7 Å². The number of nitrogens with two attached hydrogens (primary N) is 1. The molecule has 0 spiro atoms. The number of nitrogens with zero attached hydrogens (tertiary/aromatic N) is 1. The third-order valence-corrected chi connectivity index (χ3v) is 2.02. The molecule has 0 amide bonds. The largest absolute Gasteiger partial charge is 0.383 e. The molecule has 3 N–H and O–H groups in total. The summed E-state index contributed by atoms with van der Waals surface area (Å²) in [5.74, 6) is 5.50. The normalized spacial score (nSPS) is 11.6. The molecule has 1 aromatic rings. The van der Waals surface area contributed by atoms with Gasteiger partial charge in [-0.15, -0.1) is 0 Å². The number of hydrogen-bond acceptors (Lipinski definition) is 3. The molecule has 0 aliphatic heterocycles. The van der Waals surface area contributed by atoms with Gasteiger partial charge in [0.1, 0.15) is 11.7 Å². The lowest BCUT2D eigenvalue weighted by Crippen LogP contribution is -2.31. The lowest BCUT2D eigenvalue weighted by molar-refractivity contribution is 0.208. The van der Waals surface area contributed by atoms with Crippen LogP contribution in [0.25, 0.3) is 0 Å². The quantitative estimate of drug-likeness (QED) is 0.264. The van der Waals surface area contributed by atoms with Crippen LogP contribution in [0, 0.1) is 12.7 Å². The number of halogens is 1. The Bertz CT molecular complexity index is 359. The van der Waals surface area contributed by atoms with Gasteiger partial charge in [-0.05, 0) is 30.7 Å². The first-order chi connectivity index (χ1) is 7.67. The summed E-state index contributed by atoms with van der Waals surface area (Å²) in [6.07, 6.45) is 0. The monoisotopic (exact) mass is 225 g/mol. The van der Waals surface area contributed by atoms with Gasteiger partial charge in [0.15, 0.2) is 0 Å². The minimum atomic E-state index is -0.301. The predicted molar refractivity (Wildman–Crippen MR) is 61.7 cm³/mol. The fourth-order valence-electron chi connectivity index (χ4n) is 1.34. The van der Waals surface area contributed by atoms with E-state index in [2.05, 4.69) is 10.4 Å². The Labute approximate surface area is 94.3 Å². The molecule has 0 heterocycles. The van der Waals surface area contributed by atoms with Crippen LogP contribution in [0.1, 0.15) is 11.1 Å². The molecule has 0 aliphatic carbocycles. The average molecular weight is 225 g/mol. The van der Waals surface area contributed by atoms with Gasteiger partial charge in [-0.1, -0.05) is 0 Å². The number of hydrazine groups is 1. The van der Waals surface area contributed by atoms with Crippen molar-refractivity contribution < 1.29 is 9.13 Å². The van der Waals surface area contributed by atoms with Gasteiger partial charge in [0.05, 0.1) is 13.2 Å². The van der Waals surface area contributed by atoms with E-state index in [0.29, 0.717) is 24.6 Å². The van der Waals surface area contributed by atoms with Gasteiger partial charge >= 0.3 is 0 Å². The smallest absolute Gasteiger partial charge is 0.142 e. The van der Waals surface area contributed by atoms with Crippen LogP contribution in [-0.4, -0.2) is 26.1 Å². The van der Waals surface area contributed by atoms with Crippen LogP contribution >= 0.6 is 0 Å². The number of methoxy groups -OCH3 is 1. The van der Waals surface area contributed by atoms with Crippen molar-refractivity contribution in [1.29, 1.82) is 0 Å². The fraction of sp³-hybridized carbons (Fsp3) is 0.364. The van der Waals surface area contributed by atoms with E-state index in [0.717, 1.165) is 5.56 Å². The van der Waals surface area contributed by atoms with E-state index >= 15 is 0 Å². The Kier molecular flexibility index (Phi) is 4.88. The number of benzene rings is 1. The molecular weight excluding hydrogens is 209 g/mol. The summed E-state index contributed by atoms with van der Waals surface area (Å²) in [5, 5.41) is 0. The van der Waals surface area contributed by atoms with Crippen molar-refractivity contribution in [2.75, 3.05) is 20.3 Å². The summed E-state index contributed by atoms with van der Waals surface area (Å²) in [6, 6.07) is 4.65. The summed E-state index contributed by atoms with van der Waals surface area (Å²) in [7, 11) is 1.59. The van der Waals surface area contributed by atoms with Crippen LogP contribution in [0.3, 0.4) is 0 Å². The molecule has 1 rings (SSSR count). The van der Waals surface area contributed by atoms with Crippen molar-refractivity contribution in [3.63, 3.8) is 0 Å². The maximum absolute atomic E-state index is 13.2. The van der Waals surface area contributed by atoms with Gasteiger partial charge in [-0.25, -0.2) is 10.2 Å². The zero-order valence-corrected chi connectivity index (χ0v) is 9.46. The second kappa shape index (κ2) is 6.19. The Balaban J connectivity index is 2.90. The lowest BCUT2D eigenvalue weighted by atomic mass is 10.1. The molecule has 5 heteroatoms. The third-order valence-electron chi connectivity index (χ3n) is 2.02. The summed E-state index contributed by atoms with van der Waals surface area (Å²) >= 11 is 0. The number of ether oxygens (including phenoxy) is 1. The van der Waals surface area contributed by atoms with Gasteiger partial charge < -0.3 is 10.2 Å². The van der Waals surface area contributed by atoms with Crippen molar-refractivity contribution in [2.24, 2.45) is 10.8 Å². The molecule has 16 heavy (non-hydrogen) atoms. The van der Waals surface area contributed by atoms with Gasteiger partial charge in [0.2, 0.25) is 0 Å². The van der Waals surface area contributed by atoms with Crippen LogP contribution in [0.4, 0.5) is 4.39 Å². The molecule has 0 saturated heterocycles. The van der Waals surface area contributed by atoms with Crippen LogP contribution < -0.4 is 11.3 Å². The Morgan fingerprint density at radius 3 is 2.81 bits per heavy atom. The van der Waals surface area contributed by atoms with E-state index < -0.39 is 0 Å². The van der Waals surface area contributed by atoms with Crippen molar-refractivity contribution >= 4 is 5.84 Å². The third kappa shape index (κ3) is 3.60. The van der Waals surface area contributed by atoms with Crippen molar-refractivity contribution in [1.82, 2.24) is 5.43 Å². The molecule has 0 aliphatic rings. The number of hydrogen-bond donors (Lipinski definition) is 2. The van der Waals surface area contributed by atoms with E-state index in [1.165, 1.54) is 12.1 Å². The Hall–Kier alpha value is -1.46. The lowest BCUT2D eigenvalue weighted by Gasteiger charge is -2.07. The first-order valence-electron chi connectivity index (χ1n) is 4.95. The number of amidine groups is 1. The Morgan fingerprint density at radius 1 is 1.50 bits per heavy atom. The van der Waals surface area contributed by atoms with Crippen molar-refractivity contribution in [3.8, 4) is 0 Å². The standard InChI is InChI=1S/C11H16FN3O/c1-8-5-9(7-10(12)6-8)11(15-13)14-3-4-16-2/h5-7H,3-4,13H2,1-2H3,(H,14,15).